The molecule has 0 fully saturated rings. The van der Waals surface area contributed by atoms with Crippen LogP contribution < -0.4 is 10.6 Å². The van der Waals surface area contributed by atoms with Gasteiger partial charge in [-0.25, -0.2) is 0 Å². The Kier molecular flexibility index (Phi) is 5.23. The van der Waals surface area contributed by atoms with Gasteiger partial charge in [0.2, 0.25) is 0 Å². The molecule has 0 radical (unpaired) electrons. The summed E-state index contributed by atoms with van der Waals surface area (Å²) in [5.74, 6) is 0.355. The van der Waals surface area contributed by atoms with Crippen LogP contribution in [0.4, 0.5) is 10.8 Å². The van der Waals surface area contributed by atoms with Crippen LogP contribution in [0.25, 0.3) is 0 Å². The summed E-state index contributed by atoms with van der Waals surface area (Å²) >= 11 is 1.32. The first-order valence-electron chi connectivity index (χ1n) is 6.03. The quantitative estimate of drug-likeness (QED) is 0.790. The van der Waals surface area contributed by atoms with Gasteiger partial charge in [-0.05, 0) is 31.8 Å². The van der Waals surface area contributed by atoms with Crippen molar-refractivity contribution in [2.75, 3.05) is 17.2 Å². The Hall–Kier alpha value is -1.28. The lowest BCUT2D eigenvalue weighted by Gasteiger charge is -2.27. The molecule has 17 heavy (non-hydrogen) atoms. The Morgan fingerprint density at radius 3 is 2.71 bits per heavy atom. The molecule has 94 valence electrons. The SMILES string of the molecule is CCCCCN(c1snc(N)c1C#N)C(C)C. The van der Waals surface area contributed by atoms with Gasteiger partial charge in [0.25, 0.3) is 0 Å². The molecule has 0 aliphatic heterocycles. The Bertz CT molecular complexity index is 392. The average molecular weight is 252 g/mol. The Labute approximate surface area is 107 Å². The Morgan fingerprint density at radius 1 is 1.47 bits per heavy atom. The van der Waals surface area contributed by atoms with Crippen molar-refractivity contribution in [1.29, 1.82) is 5.26 Å². The van der Waals surface area contributed by atoms with Crippen LogP contribution in [-0.4, -0.2) is 17.0 Å². The second-order valence-electron chi connectivity index (χ2n) is 4.35. The van der Waals surface area contributed by atoms with Gasteiger partial charge in [0.15, 0.2) is 5.82 Å². The molecule has 1 aromatic rings. The number of aromatic nitrogens is 1. The molecule has 4 nitrogen and oxygen atoms in total. The van der Waals surface area contributed by atoms with E-state index >= 15 is 0 Å². The molecule has 1 rings (SSSR count). The molecule has 0 bridgehead atoms. The fraction of sp³-hybridized carbons (Fsp3) is 0.667. The molecule has 0 saturated carbocycles. The van der Waals surface area contributed by atoms with E-state index in [1.54, 1.807) is 0 Å². The normalized spacial score (nSPS) is 10.5. The average Bonchev–Trinajstić information content (AvgIpc) is 2.65. The van der Waals surface area contributed by atoms with Crippen molar-refractivity contribution in [2.24, 2.45) is 0 Å². The number of hydrogen-bond acceptors (Lipinski definition) is 5. The summed E-state index contributed by atoms with van der Waals surface area (Å²) in [7, 11) is 0. The predicted octanol–water partition coefficient (Wildman–Crippen LogP) is 3.00. The van der Waals surface area contributed by atoms with Crippen LogP contribution >= 0.6 is 11.5 Å². The van der Waals surface area contributed by atoms with E-state index in [2.05, 4.69) is 36.1 Å². The van der Waals surface area contributed by atoms with Gasteiger partial charge >= 0.3 is 0 Å². The molecule has 0 saturated heterocycles. The highest BCUT2D eigenvalue weighted by Gasteiger charge is 2.19. The number of hydrogen-bond donors (Lipinski definition) is 1. The minimum atomic E-state index is 0.355. The molecule has 0 aromatic carbocycles. The van der Waals surface area contributed by atoms with Crippen LogP contribution in [-0.2, 0) is 0 Å². The van der Waals surface area contributed by atoms with Gasteiger partial charge in [-0.15, -0.1) is 0 Å². The predicted molar refractivity (Wildman–Crippen MR) is 73.2 cm³/mol. The van der Waals surface area contributed by atoms with Crippen LogP contribution in [0.3, 0.4) is 0 Å². The fourth-order valence-corrected chi connectivity index (χ4v) is 2.65. The Balaban J connectivity index is 2.86. The van der Waals surface area contributed by atoms with Crippen molar-refractivity contribution in [3.63, 3.8) is 0 Å². The summed E-state index contributed by atoms with van der Waals surface area (Å²) in [6.45, 7) is 7.40. The molecule has 0 aliphatic rings. The molecule has 0 aliphatic carbocycles. The van der Waals surface area contributed by atoms with Crippen LogP contribution in [0.2, 0.25) is 0 Å². The number of nitrogens with two attached hydrogens (primary N) is 1. The lowest BCUT2D eigenvalue weighted by Crippen LogP contribution is -2.31. The molecule has 0 atom stereocenters. The zero-order chi connectivity index (χ0) is 12.8. The minimum Gasteiger partial charge on any atom is -0.382 e. The summed E-state index contributed by atoms with van der Waals surface area (Å²) in [5.41, 5.74) is 6.22. The van der Waals surface area contributed by atoms with Crippen LogP contribution in [0.1, 0.15) is 45.6 Å². The summed E-state index contributed by atoms with van der Waals surface area (Å²) in [4.78, 5) is 2.22. The molecule has 5 heteroatoms. The van der Waals surface area contributed by atoms with E-state index in [1.165, 1.54) is 24.4 Å². The molecule has 0 amide bonds. The van der Waals surface area contributed by atoms with Gasteiger partial charge in [-0.1, -0.05) is 19.8 Å². The fourth-order valence-electron chi connectivity index (χ4n) is 1.72. The second kappa shape index (κ2) is 6.45. The second-order valence-corrected chi connectivity index (χ2v) is 5.11. The summed E-state index contributed by atoms with van der Waals surface area (Å²) in [5, 5.41) is 10.0. The number of rotatable bonds is 6. The highest BCUT2D eigenvalue weighted by Crippen LogP contribution is 2.31. The van der Waals surface area contributed by atoms with E-state index in [9.17, 15) is 0 Å². The smallest absolute Gasteiger partial charge is 0.157 e. The topological polar surface area (TPSA) is 65.9 Å². The van der Waals surface area contributed by atoms with Crippen molar-refractivity contribution in [1.82, 2.24) is 4.37 Å². The van der Waals surface area contributed by atoms with E-state index in [4.69, 9.17) is 11.0 Å². The highest BCUT2D eigenvalue weighted by molar-refractivity contribution is 7.10. The van der Waals surface area contributed by atoms with E-state index in [-0.39, 0.29) is 0 Å². The number of anilines is 2. The van der Waals surface area contributed by atoms with E-state index in [0.29, 0.717) is 17.4 Å². The van der Waals surface area contributed by atoms with Gasteiger partial charge in [0.05, 0.1) is 0 Å². The first-order valence-corrected chi connectivity index (χ1v) is 6.81. The maximum Gasteiger partial charge on any atom is 0.157 e. The third-order valence-corrected chi connectivity index (χ3v) is 3.60. The molecule has 0 unspecified atom stereocenters. The lowest BCUT2D eigenvalue weighted by molar-refractivity contribution is 0.629. The molecule has 0 spiro atoms. The monoisotopic (exact) mass is 252 g/mol. The first-order chi connectivity index (χ1) is 8.11. The molecule has 1 aromatic heterocycles. The largest absolute Gasteiger partial charge is 0.382 e. The first kappa shape index (κ1) is 13.8. The number of nitrogen functional groups attached to an aromatic ring is 1. The van der Waals surface area contributed by atoms with Gasteiger partial charge in [-0.3, -0.25) is 0 Å². The third kappa shape index (κ3) is 3.34. The zero-order valence-electron chi connectivity index (χ0n) is 10.7. The van der Waals surface area contributed by atoms with Gasteiger partial charge in [0, 0.05) is 12.6 Å². The molecular weight excluding hydrogens is 232 g/mol. The highest BCUT2D eigenvalue weighted by atomic mass is 32.1. The molecule has 2 N–H and O–H groups in total. The number of unbranched alkanes of at least 4 members (excludes halogenated alkanes) is 2. The van der Waals surface area contributed by atoms with Crippen LogP contribution in [0, 0.1) is 11.3 Å². The maximum absolute atomic E-state index is 9.10. The van der Waals surface area contributed by atoms with Gasteiger partial charge in [0.1, 0.15) is 16.6 Å². The maximum atomic E-state index is 9.10. The van der Waals surface area contributed by atoms with E-state index in [1.807, 2.05) is 0 Å². The lowest BCUT2D eigenvalue weighted by atomic mass is 10.2. The number of nitrogens with zero attached hydrogens (tertiary/aromatic N) is 3. The van der Waals surface area contributed by atoms with E-state index < -0.39 is 0 Å². The Morgan fingerprint density at radius 2 is 2.18 bits per heavy atom. The van der Waals surface area contributed by atoms with Crippen molar-refractivity contribution >= 4 is 22.4 Å². The van der Waals surface area contributed by atoms with Crippen molar-refractivity contribution < 1.29 is 0 Å². The van der Waals surface area contributed by atoms with Gasteiger partial charge < -0.3 is 10.6 Å². The van der Waals surface area contributed by atoms with Crippen molar-refractivity contribution in [3.05, 3.63) is 5.56 Å². The molecular formula is C12H20N4S. The molecule has 1 heterocycles. The number of nitriles is 1. The summed E-state index contributed by atoms with van der Waals surface area (Å²) in [6.07, 6.45) is 3.54. The third-order valence-electron chi connectivity index (χ3n) is 2.70. The van der Waals surface area contributed by atoms with Gasteiger partial charge in [-0.2, -0.15) is 9.64 Å². The van der Waals surface area contributed by atoms with Crippen LogP contribution in [0.15, 0.2) is 0 Å². The van der Waals surface area contributed by atoms with Crippen LogP contribution in [0.5, 0.6) is 0 Å². The van der Waals surface area contributed by atoms with Crippen molar-refractivity contribution in [2.45, 2.75) is 46.1 Å². The summed E-state index contributed by atoms with van der Waals surface area (Å²) in [6, 6.07) is 2.51. The van der Waals surface area contributed by atoms with E-state index in [0.717, 1.165) is 18.0 Å². The standard InChI is InChI=1S/C12H20N4S/c1-4-5-6-7-16(9(2)3)12-10(8-13)11(14)15-17-12/h9H,4-7H2,1-3H3,(H2,14,15). The zero-order valence-corrected chi connectivity index (χ0v) is 11.5. The summed E-state index contributed by atoms with van der Waals surface area (Å²) < 4.78 is 4.07. The minimum absolute atomic E-state index is 0.355. The van der Waals surface area contributed by atoms with Crippen molar-refractivity contribution in [3.8, 4) is 6.07 Å².